The standard InChI is InChI=1S/C37H71O8P/c1-3-5-7-9-11-13-15-17-18-20-22-24-26-28-30-32-37(39)45-35(34-44-46(40,41)42)33-43-36(38)31-29-27-25-23-21-19-16-14-12-10-8-6-4-2/h17-18,35H,3-16,19-34H2,1-2H3,(H2,40,41,42)/b18-17-. The number of hydrogen-bond acceptors (Lipinski definition) is 6. The average Bonchev–Trinajstić information content (AvgIpc) is 3.02. The Morgan fingerprint density at radius 3 is 1.33 bits per heavy atom. The largest absolute Gasteiger partial charge is 0.469 e. The predicted octanol–water partition coefficient (Wildman–Crippen LogP) is 11.1. The molecular formula is C37H71O8P. The maximum Gasteiger partial charge on any atom is 0.469 e. The van der Waals surface area contributed by atoms with Crippen LogP contribution in [-0.4, -0.2) is 41.0 Å². The van der Waals surface area contributed by atoms with Crippen molar-refractivity contribution >= 4 is 19.8 Å². The van der Waals surface area contributed by atoms with Gasteiger partial charge in [-0.15, -0.1) is 0 Å². The van der Waals surface area contributed by atoms with Gasteiger partial charge >= 0.3 is 19.8 Å². The monoisotopic (exact) mass is 674 g/mol. The van der Waals surface area contributed by atoms with Crippen LogP contribution in [0.3, 0.4) is 0 Å². The molecule has 0 aliphatic heterocycles. The summed E-state index contributed by atoms with van der Waals surface area (Å²) in [5, 5.41) is 0. The molecule has 0 aliphatic carbocycles. The number of carbonyl (C=O) groups is 2. The number of unbranched alkanes of at least 4 members (excludes halogenated alkanes) is 23. The van der Waals surface area contributed by atoms with Crippen LogP contribution in [0.5, 0.6) is 0 Å². The predicted molar refractivity (Wildman–Crippen MR) is 189 cm³/mol. The first-order chi connectivity index (χ1) is 22.3. The summed E-state index contributed by atoms with van der Waals surface area (Å²) in [6, 6.07) is 0. The van der Waals surface area contributed by atoms with Crippen LogP contribution in [0.15, 0.2) is 12.2 Å². The van der Waals surface area contributed by atoms with Gasteiger partial charge in [-0.05, 0) is 38.5 Å². The second kappa shape index (κ2) is 33.7. The van der Waals surface area contributed by atoms with E-state index >= 15 is 0 Å². The van der Waals surface area contributed by atoms with Crippen molar-refractivity contribution in [3.05, 3.63) is 12.2 Å². The van der Waals surface area contributed by atoms with Crippen molar-refractivity contribution in [2.24, 2.45) is 0 Å². The lowest BCUT2D eigenvalue weighted by molar-refractivity contribution is -0.161. The highest BCUT2D eigenvalue weighted by atomic mass is 31.2. The molecular weight excluding hydrogens is 603 g/mol. The minimum Gasteiger partial charge on any atom is -0.462 e. The van der Waals surface area contributed by atoms with E-state index in [1.54, 1.807) is 0 Å². The second-order valence-electron chi connectivity index (χ2n) is 12.9. The van der Waals surface area contributed by atoms with Crippen molar-refractivity contribution in [2.75, 3.05) is 13.2 Å². The van der Waals surface area contributed by atoms with Crippen molar-refractivity contribution < 1.29 is 37.9 Å². The third-order valence-corrected chi connectivity index (χ3v) is 8.77. The summed E-state index contributed by atoms with van der Waals surface area (Å²) < 4.78 is 26.3. The molecule has 0 aliphatic rings. The normalized spacial score (nSPS) is 12.5. The van der Waals surface area contributed by atoms with Gasteiger partial charge in [0.15, 0.2) is 6.10 Å². The van der Waals surface area contributed by atoms with E-state index in [2.05, 4.69) is 30.5 Å². The topological polar surface area (TPSA) is 119 Å². The zero-order valence-corrected chi connectivity index (χ0v) is 30.6. The molecule has 0 fully saturated rings. The van der Waals surface area contributed by atoms with Crippen LogP contribution < -0.4 is 0 Å². The van der Waals surface area contributed by atoms with Gasteiger partial charge in [0.25, 0.3) is 0 Å². The molecule has 0 spiro atoms. The Balaban J connectivity index is 3.96. The number of hydrogen-bond donors (Lipinski definition) is 2. The highest BCUT2D eigenvalue weighted by Gasteiger charge is 2.22. The van der Waals surface area contributed by atoms with Gasteiger partial charge < -0.3 is 19.3 Å². The number of ether oxygens (including phenoxy) is 2. The second-order valence-corrected chi connectivity index (χ2v) is 14.1. The lowest BCUT2D eigenvalue weighted by Crippen LogP contribution is -2.29. The highest BCUT2D eigenvalue weighted by molar-refractivity contribution is 7.46. The highest BCUT2D eigenvalue weighted by Crippen LogP contribution is 2.36. The smallest absolute Gasteiger partial charge is 0.462 e. The van der Waals surface area contributed by atoms with Gasteiger partial charge in [0.2, 0.25) is 0 Å². The molecule has 0 heterocycles. The molecule has 0 bridgehead atoms. The third-order valence-electron chi connectivity index (χ3n) is 8.28. The van der Waals surface area contributed by atoms with Crippen LogP contribution >= 0.6 is 7.82 Å². The van der Waals surface area contributed by atoms with E-state index in [-0.39, 0.29) is 19.4 Å². The number of phosphoric ester groups is 1. The SMILES string of the molecule is CCCCCCCC/C=C\CCCCCCCC(=O)OC(COC(=O)CCCCCCCCCCCCCCC)COP(=O)(O)O. The Labute approximate surface area is 282 Å². The van der Waals surface area contributed by atoms with E-state index in [0.29, 0.717) is 6.42 Å². The zero-order chi connectivity index (χ0) is 34.0. The molecule has 0 saturated carbocycles. The molecule has 2 N–H and O–H groups in total. The lowest BCUT2D eigenvalue weighted by Gasteiger charge is -2.18. The molecule has 0 rings (SSSR count). The molecule has 46 heavy (non-hydrogen) atoms. The minimum atomic E-state index is -4.74. The van der Waals surface area contributed by atoms with Gasteiger partial charge in [-0.1, -0.05) is 154 Å². The fourth-order valence-corrected chi connectivity index (χ4v) is 5.79. The van der Waals surface area contributed by atoms with Crippen molar-refractivity contribution in [3.8, 4) is 0 Å². The summed E-state index contributed by atoms with van der Waals surface area (Å²) in [6.07, 6.45) is 35.0. The van der Waals surface area contributed by atoms with Crippen molar-refractivity contribution in [1.29, 1.82) is 0 Å². The molecule has 8 nitrogen and oxygen atoms in total. The average molecular weight is 675 g/mol. The number of carbonyl (C=O) groups excluding carboxylic acids is 2. The Hall–Kier alpha value is -1.21. The van der Waals surface area contributed by atoms with Crippen molar-refractivity contribution in [1.82, 2.24) is 0 Å². The zero-order valence-electron chi connectivity index (χ0n) is 29.7. The molecule has 1 unspecified atom stereocenters. The molecule has 0 saturated heterocycles. The van der Waals surface area contributed by atoms with Gasteiger partial charge in [-0.2, -0.15) is 0 Å². The van der Waals surface area contributed by atoms with Gasteiger partial charge in [-0.25, -0.2) is 4.57 Å². The first kappa shape index (κ1) is 44.8. The summed E-state index contributed by atoms with van der Waals surface area (Å²) >= 11 is 0. The number of rotatable bonds is 35. The van der Waals surface area contributed by atoms with E-state index in [0.717, 1.165) is 51.4 Å². The van der Waals surface area contributed by atoms with E-state index in [1.807, 2.05) is 0 Å². The molecule has 0 aromatic rings. The first-order valence-corrected chi connectivity index (χ1v) is 20.5. The summed E-state index contributed by atoms with van der Waals surface area (Å²) in [6.45, 7) is 3.67. The molecule has 0 aromatic heterocycles. The van der Waals surface area contributed by atoms with Crippen LogP contribution in [-0.2, 0) is 28.2 Å². The molecule has 272 valence electrons. The number of allylic oxidation sites excluding steroid dienone is 2. The Morgan fingerprint density at radius 1 is 0.543 bits per heavy atom. The van der Waals surface area contributed by atoms with Crippen LogP contribution in [0.25, 0.3) is 0 Å². The van der Waals surface area contributed by atoms with Crippen LogP contribution in [0, 0.1) is 0 Å². The number of esters is 2. The molecule has 1 atom stereocenters. The summed E-state index contributed by atoms with van der Waals surface area (Å²) in [4.78, 5) is 42.7. The Bertz CT molecular complexity index is 766. The maximum absolute atomic E-state index is 12.3. The summed E-state index contributed by atoms with van der Waals surface area (Å²) in [5.74, 6) is -0.887. The quantitative estimate of drug-likeness (QED) is 0.0295. The molecule has 0 radical (unpaired) electrons. The van der Waals surface area contributed by atoms with Crippen molar-refractivity contribution in [2.45, 2.75) is 200 Å². The van der Waals surface area contributed by atoms with Crippen LogP contribution in [0.4, 0.5) is 0 Å². The van der Waals surface area contributed by atoms with Gasteiger partial charge in [-0.3, -0.25) is 14.1 Å². The molecule has 0 aromatic carbocycles. The fraction of sp³-hybridized carbons (Fsp3) is 0.892. The summed E-state index contributed by atoms with van der Waals surface area (Å²) in [5.41, 5.74) is 0. The minimum absolute atomic E-state index is 0.206. The number of phosphoric acid groups is 1. The Kier molecular flexibility index (Phi) is 32.8. The van der Waals surface area contributed by atoms with Crippen LogP contribution in [0.2, 0.25) is 0 Å². The van der Waals surface area contributed by atoms with Crippen molar-refractivity contribution in [3.63, 3.8) is 0 Å². The van der Waals surface area contributed by atoms with E-state index < -0.39 is 32.5 Å². The summed E-state index contributed by atoms with van der Waals surface area (Å²) in [7, 11) is -4.74. The molecule has 9 heteroatoms. The van der Waals surface area contributed by atoms with Gasteiger partial charge in [0.05, 0.1) is 6.61 Å². The fourth-order valence-electron chi connectivity index (χ4n) is 5.43. The van der Waals surface area contributed by atoms with E-state index in [9.17, 15) is 14.2 Å². The van der Waals surface area contributed by atoms with Crippen LogP contribution in [0.1, 0.15) is 194 Å². The molecule has 0 amide bonds. The lowest BCUT2D eigenvalue weighted by atomic mass is 10.0. The van der Waals surface area contributed by atoms with E-state index in [4.69, 9.17) is 19.3 Å². The maximum atomic E-state index is 12.3. The Morgan fingerprint density at radius 2 is 0.913 bits per heavy atom. The third kappa shape index (κ3) is 35.6. The van der Waals surface area contributed by atoms with E-state index in [1.165, 1.54) is 109 Å². The van der Waals surface area contributed by atoms with Gasteiger partial charge in [0.1, 0.15) is 6.61 Å². The van der Waals surface area contributed by atoms with Gasteiger partial charge in [0, 0.05) is 12.8 Å². The first-order valence-electron chi connectivity index (χ1n) is 19.0.